The molecular weight excluding hydrogens is 412 g/mol. The molecule has 0 unspecified atom stereocenters. The highest BCUT2D eigenvalue weighted by Crippen LogP contribution is 2.31. The van der Waals surface area contributed by atoms with Crippen molar-refractivity contribution in [2.24, 2.45) is 0 Å². The first kappa shape index (κ1) is 21.0. The molecule has 0 saturated carbocycles. The van der Waals surface area contributed by atoms with Crippen molar-refractivity contribution in [3.63, 3.8) is 0 Å². The maximum atomic E-state index is 12.9. The van der Waals surface area contributed by atoms with Crippen LogP contribution in [0.3, 0.4) is 0 Å². The lowest BCUT2D eigenvalue weighted by molar-refractivity contribution is 0.0735. The SMILES string of the molecule is CCOc1ccccc1Oc1coc2cc(OC(=O)c3ccc(OC)cc3)ccc2c1=O. The van der Waals surface area contributed by atoms with E-state index in [4.69, 9.17) is 23.4 Å². The van der Waals surface area contributed by atoms with Crippen molar-refractivity contribution in [3.05, 3.63) is 88.8 Å². The molecule has 0 saturated heterocycles. The molecule has 0 amide bonds. The van der Waals surface area contributed by atoms with Gasteiger partial charge in [-0.2, -0.15) is 0 Å². The zero-order valence-electron chi connectivity index (χ0n) is 17.5. The fraction of sp³-hybridized carbons (Fsp3) is 0.120. The van der Waals surface area contributed by atoms with Gasteiger partial charge in [0, 0.05) is 6.07 Å². The molecule has 0 aliphatic heterocycles. The summed E-state index contributed by atoms with van der Waals surface area (Å²) in [6.07, 6.45) is 1.22. The molecule has 7 nitrogen and oxygen atoms in total. The largest absolute Gasteiger partial charge is 0.497 e. The Bertz CT molecular complexity index is 1310. The van der Waals surface area contributed by atoms with Gasteiger partial charge in [0.15, 0.2) is 11.5 Å². The van der Waals surface area contributed by atoms with Gasteiger partial charge < -0.3 is 23.4 Å². The molecule has 1 aromatic heterocycles. The van der Waals surface area contributed by atoms with E-state index in [1.165, 1.54) is 24.5 Å². The molecular formula is C25H20O7. The van der Waals surface area contributed by atoms with Crippen molar-refractivity contribution in [2.45, 2.75) is 6.92 Å². The summed E-state index contributed by atoms with van der Waals surface area (Å²) in [6, 6.07) is 18.1. The van der Waals surface area contributed by atoms with E-state index in [1.54, 1.807) is 49.6 Å². The Morgan fingerprint density at radius 2 is 1.62 bits per heavy atom. The van der Waals surface area contributed by atoms with Crippen LogP contribution in [0.2, 0.25) is 0 Å². The number of methoxy groups -OCH3 is 1. The Morgan fingerprint density at radius 3 is 2.34 bits per heavy atom. The summed E-state index contributed by atoms with van der Waals surface area (Å²) in [7, 11) is 1.55. The van der Waals surface area contributed by atoms with Gasteiger partial charge in [0.05, 0.1) is 24.7 Å². The average molecular weight is 432 g/mol. The lowest BCUT2D eigenvalue weighted by Crippen LogP contribution is -2.09. The number of carbonyl (C=O) groups excluding carboxylic acids is 1. The second-order valence-corrected chi connectivity index (χ2v) is 6.69. The van der Waals surface area contributed by atoms with E-state index in [-0.39, 0.29) is 22.5 Å². The molecule has 7 heteroatoms. The molecule has 0 bridgehead atoms. The molecule has 0 aliphatic carbocycles. The molecule has 162 valence electrons. The third kappa shape index (κ3) is 4.41. The van der Waals surface area contributed by atoms with Gasteiger partial charge in [-0.05, 0) is 55.5 Å². The average Bonchev–Trinajstić information content (AvgIpc) is 2.82. The van der Waals surface area contributed by atoms with Crippen LogP contribution in [-0.4, -0.2) is 19.7 Å². The Kier molecular flexibility index (Phi) is 6.07. The molecule has 32 heavy (non-hydrogen) atoms. The first-order valence-corrected chi connectivity index (χ1v) is 9.90. The summed E-state index contributed by atoms with van der Waals surface area (Å²) in [4.78, 5) is 25.2. The van der Waals surface area contributed by atoms with E-state index >= 15 is 0 Å². The lowest BCUT2D eigenvalue weighted by Gasteiger charge is -2.11. The summed E-state index contributed by atoms with van der Waals surface area (Å²) in [6.45, 7) is 2.32. The number of hydrogen-bond acceptors (Lipinski definition) is 7. The minimum Gasteiger partial charge on any atom is -0.497 e. The number of para-hydroxylation sites is 2. The van der Waals surface area contributed by atoms with E-state index in [9.17, 15) is 9.59 Å². The van der Waals surface area contributed by atoms with Gasteiger partial charge in [0.2, 0.25) is 11.2 Å². The number of rotatable bonds is 7. The second-order valence-electron chi connectivity index (χ2n) is 6.69. The van der Waals surface area contributed by atoms with Gasteiger partial charge >= 0.3 is 5.97 Å². The minimum atomic E-state index is -0.540. The highest BCUT2D eigenvalue weighted by Gasteiger charge is 2.14. The number of benzene rings is 3. The fourth-order valence-electron chi connectivity index (χ4n) is 3.05. The van der Waals surface area contributed by atoms with Crippen molar-refractivity contribution >= 4 is 16.9 Å². The zero-order valence-corrected chi connectivity index (χ0v) is 17.5. The van der Waals surface area contributed by atoms with Crippen LogP contribution < -0.4 is 24.4 Å². The van der Waals surface area contributed by atoms with Gasteiger partial charge in [0.1, 0.15) is 23.3 Å². The molecule has 0 aliphatic rings. The monoisotopic (exact) mass is 432 g/mol. The smallest absolute Gasteiger partial charge is 0.343 e. The third-order valence-corrected chi connectivity index (χ3v) is 4.62. The molecule has 1 heterocycles. The van der Waals surface area contributed by atoms with Gasteiger partial charge in [-0.1, -0.05) is 12.1 Å². The van der Waals surface area contributed by atoms with Gasteiger partial charge in [-0.3, -0.25) is 4.79 Å². The predicted octanol–water partition coefficient (Wildman–Crippen LogP) is 5.21. The Balaban J connectivity index is 1.57. The predicted molar refractivity (Wildman–Crippen MR) is 118 cm³/mol. The molecule has 0 spiro atoms. The van der Waals surface area contributed by atoms with E-state index in [1.807, 2.05) is 13.0 Å². The number of hydrogen-bond donors (Lipinski definition) is 0. The topological polar surface area (TPSA) is 84.2 Å². The van der Waals surface area contributed by atoms with Crippen LogP contribution in [-0.2, 0) is 0 Å². The zero-order chi connectivity index (χ0) is 22.5. The van der Waals surface area contributed by atoms with E-state index in [0.29, 0.717) is 34.8 Å². The van der Waals surface area contributed by atoms with Crippen LogP contribution in [0.25, 0.3) is 11.0 Å². The Labute approximate surface area is 183 Å². The highest BCUT2D eigenvalue weighted by molar-refractivity contribution is 5.91. The third-order valence-electron chi connectivity index (χ3n) is 4.62. The lowest BCUT2D eigenvalue weighted by atomic mass is 10.2. The molecule has 3 aromatic carbocycles. The summed E-state index contributed by atoms with van der Waals surface area (Å²) < 4.78 is 27.3. The number of ether oxygens (including phenoxy) is 4. The fourth-order valence-corrected chi connectivity index (χ4v) is 3.05. The van der Waals surface area contributed by atoms with Crippen LogP contribution in [0.15, 0.2) is 82.2 Å². The first-order chi connectivity index (χ1) is 15.6. The summed E-state index contributed by atoms with van der Waals surface area (Å²) >= 11 is 0. The van der Waals surface area contributed by atoms with Gasteiger partial charge in [0.25, 0.3) is 0 Å². The number of esters is 1. The van der Waals surface area contributed by atoms with Crippen LogP contribution in [0, 0.1) is 0 Å². The molecule has 0 N–H and O–H groups in total. The normalized spacial score (nSPS) is 10.6. The van der Waals surface area contributed by atoms with Gasteiger partial charge in [-0.25, -0.2) is 4.79 Å². The second kappa shape index (κ2) is 9.26. The molecule has 0 radical (unpaired) electrons. The summed E-state index contributed by atoms with van der Waals surface area (Å²) in [5.74, 6) is 1.29. The van der Waals surface area contributed by atoms with Crippen molar-refractivity contribution in [1.82, 2.24) is 0 Å². The van der Waals surface area contributed by atoms with E-state index in [2.05, 4.69) is 0 Å². The van der Waals surface area contributed by atoms with Crippen molar-refractivity contribution < 1.29 is 28.2 Å². The van der Waals surface area contributed by atoms with Crippen LogP contribution in [0.4, 0.5) is 0 Å². The quantitative estimate of drug-likeness (QED) is 0.293. The van der Waals surface area contributed by atoms with Crippen LogP contribution in [0.1, 0.15) is 17.3 Å². The summed E-state index contributed by atoms with van der Waals surface area (Å²) in [5, 5.41) is 0.292. The maximum absolute atomic E-state index is 12.9. The van der Waals surface area contributed by atoms with Crippen LogP contribution in [0.5, 0.6) is 28.7 Å². The number of carbonyl (C=O) groups is 1. The first-order valence-electron chi connectivity index (χ1n) is 9.90. The minimum absolute atomic E-state index is 0.0210. The molecule has 4 aromatic rings. The Hall–Kier alpha value is -4.26. The Morgan fingerprint density at radius 1 is 0.906 bits per heavy atom. The van der Waals surface area contributed by atoms with E-state index in [0.717, 1.165) is 0 Å². The standard InChI is InChI=1S/C25H20O7/c1-3-29-20-6-4-5-7-21(20)32-23-15-30-22-14-18(12-13-19(22)24(23)26)31-25(27)16-8-10-17(28-2)11-9-16/h4-15H,3H2,1-2H3. The molecule has 4 rings (SSSR count). The molecule has 0 fully saturated rings. The van der Waals surface area contributed by atoms with Gasteiger partial charge in [-0.15, -0.1) is 0 Å². The molecule has 0 atom stereocenters. The highest BCUT2D eigenvalue weighted by atomic mass is 16.5. The maximum Gasteiger partial charge on any atom is 0.343 e. The summed E-state index contributed by atoms with van der Waals surface area (Å²) in [5.41, 5.74) is 0.273. The van der Waals surface area contributed by atoms with E-state index < -0.39 is 5.97 Å². The van der Waals surface area contributed by atoms with Crippen molar-refractivity contribution in [2.75, 3.05) is 13.7 Å². The number of fused-ring (bicyclic) bond motifs is 1. The van der Waals surface area contributed by atoms with Crippen molar-refractivity contribution in [3.8, 4) is 28.7 Å². The van der Waals surface area contributed by atoms with Crippen molar-refractivity contribution in [1.29, 1.82) is 0 Å². The van der Waals surface area contributed by atoms with Crippen LogP contribution >= 0.6 is 0 Å².